The van der Waals surface area contributed by atoms with Gasteiger partial charge in [-0.3, -0.25) is 5.10 Å². The van der Waals surface area contributed by atoms with Crippen molar-refractivity contribution >= 4 is 17.3 Å². The summed E-state index contributed by atoms with van der Waals surface area (Å²) in [5.41, 5.74) is 6.71. The highest BCUT2D eigenvalue weighted by Crippen LogP contribution is 2.27. The van der Waals surface area contributed by atoms with E-state index in [2.05, 4.69) is 28.2 Å². The summed E-state index contributed by atoms with van der Waals surface area (Å²) in [6, 6.07) is 2.10. The highest BCUT2D eigenvalue weighted by Gasteiger charge is 2.08. The van der Waals surface area contributed by atoms with E-state index >= 15 is 0 Å². The number of nitrogen functional groups attached to an aromatic ring is 1. The van der Waals surface area contributed by atoms with Crippen LogP contribution in [0.4, 0.5) is 5.95 Å². The summed E-state index contributed by atoms with van der Waals surface area (Å²) in [5.74, 6) is 1.06. The van der Waals surface area contributed by atoms with Crippen molar-refractivity contribution in [2.75, 3.05) is 5.73 Å². The van der Waals surface area contributed by atoms with Gasteiger partial charge in [0.15, 0.2) is 5.82 Å². The minimum atomic E-state index is 0.297. The Hall–Kier alpha value is -1.36. The van der Waals surface area contributed by atoms with Gasteiger partial charge in [0.05, 0.1) is 4.88 Å². The van der Waals surface area contributed by atoms with Gasteiger partial charge in [-0.05, 0) is 23.4 Å². The molecule has 2 aromatic heterocycles. The van der Waals surface area contributed by atoms with E-state index in [1.165, 1.54) is 5.56 Å². The average Bonchev–Trinajstić information content (AvgIpc) is 2.71. The van der Waals surface area contributed by atoms with E-state index < -0.39 is 0 Å². The van der Waals surface area contributed by atoms with E-state index in [1.807, 2.05) is 5.38 Å². The van der Waals surface area contributed by atoms with Crippen LogP contribution in [0, 0.1) is 0 Å². The minimum absolute atomic E-state index is 0.297. The van der Waals surface area contributed by atoms with Crippen LogP contribution in [0.25, 0.3) is 10.7 Å². The molecule has 0 saturated heterocycles. The molecule has 0 amide bonds. The Bertz CT molecular complexity index is 404. The van der Waals surface area contributed by atoms with Crippen molar-refractivity contribution < 1.29 is 0 Å². The molecule has 4 nitrogen and oxygen atoms in total. The van der Waals surface area contributed by atoms with Gasteiger partial charge in [-0.2, -0.15) is 4.98 Å². The molecule has 0 radical (unpaired) electrons. The first-order chi connectivity index (χ1) is 6.31. The SMILES string of the molecule is CCc1ccsc1-c1nc(N)n[nH]1. The summed E-state index contributed by atoms with van der Waals surface area (Å²) in [6.45, 7) is 2.12. The number of H-pyrrole nitrogens is 1. The van der Waals surface area contributed by atoms with Crippen LogP contribution in [0.5, 0.6) is 0 Å². The summed E-state index contributed by atoms with van der Waals surface area (Å²) in [6.07, 6.45) is 0.999. The van der Waals surface area contributed by atoms with Crippen LogP contribution in [0.3, 0.4) is 0 Å². The van der Waals surface area contributed by atoms with E-state index in [4.69, 9.17) is 5.73 Å². The van der Waals surface area contributed by atoms with Crippen LogP contribution in [0.2, 0.25) is 0 Å². The monoisotopic (exact) mass is 194 g/mol. The lowest BCUT2D eigenvalue weighted by Crippen LogP contribution is -1.85. The Labute approximate surface area is 79.8 Å². The molecular formula is C8H10N4S. The number of nitrogens with one attached hydrogen (secondary N) is 1. The molecule has 0 aliphatic carbocycles. The van der Waals surface area contributed by atoms with Crippen molar-refractivity contribution in [1.29, 1.82) is 0 Å². The number of rotatable bonds is 2. The number of aromatic nitrogens is 3. The van der Waals surface area contributed by atoms with Gasteiger partial charge < -0.3 is 5.73 Å². The van der Waals surface area contributed by atoms with E-state index in [1.54, 1.807) is 11.3 Å². The smallest absolute Gasteiger partial charge is 0.239 e. The predicted molar refractivity (Wildman–Crippen MR) is 53.5 cm³/mol. The molecule has 2 rings (SSSR count). The van der Waals surface area contributed by atoms with E-state index in [9.17, 15) is 0 Å². The largest absolute Gasteiger partial charge is 0.366 e. The number of thiophene rings is 1. The molecule has 13 heavy (non-hydrogen) atoms. The number of aromatic amines is 1. The maximum absolute atomic E-state index is 5.43. The molecule has 2 heterocycles. The quantitative estimate of drug-likeness (QED) is 0.764. The zero-order valence-electron chi connectivity index (χ0n) is 7.24. The van der Waals surface area contributed by atoms with Crippen LogP contribution in [0.15, 0.2) is 11.4 Å². The molecule has 0 unspecified atom stereocenters. The van der Waals surface area contributed by atoms with Crippen LogP contribution in [0.1, 0.15) is 12.5 Å². The lowest BCUT2D eigenvalue weighted by atomic mass is 10.2. The van der Waals surface area contributed by atoms with Crippen molar-refractivity contribution in [3.05, 3.63) is 17.0 Å². The van der Waals surface area contributed by atoms with Gasteiger partial charge in [0, 0.05) is 0 Å². The first-order valence-electron chi connectivity index (χ1n) is 4.06. The van der Waals surface area contributed by atoms with Gasteiger partial charge in [-0.25, -0.2) is 0 Å². The van der Waals surface area contributed by atoms with Crippen molar-refractivity contribution in [3.63, 3.8) is 0 Å². The Morgan fingerprint density at radius 1 is 1.62 bits per heavy atom. The molecule has 0 atom stereocenters. The molecule has 0 aliphatic heterocycles. The number of hydrogen-bond donors (Lipinski definition) is 2. The van der Waals surface area contributed by atoms with Gasteiger partial charge in [-0.1, -0.05) is 6.92 Å². The molecule has 68 valence electrons. The average molecular weight is 194 g/mol. The fourth-order valence-corrected chi connectivity index (χ4v) is 2.13. The zero-order chi connectivity index (χ0) is 9.26. The van der Waals surface area contributed by atoms with Crippen molar-refractivity contribution in [2.24, 2.45) is 0 Å². The highest BCUT2D eigenvalue weighted by molar-refractivity contribution is 7.13. The van der Waals surface area contributed by atoms with Gasteiger partial charge in [-0.15, -0.1) is 16.4 Å². The molecule has 0 bridgehead atoms. The van der Waals surface area contributed by atoms with Gasteiger partial charge in [0.2, 0.25) is 5.95 Å². The van der Waals surface area contributed by atoms with Crippen LogP contribution >= 0.6 is 11.3 Å². The van der Waals surface area contributed by atoms with Crippen molar-refractivity contribution in [3.8, 4) is 10.7 Å². The Kier molecular flexibility index (Phi) is 2.02. The first kappa shape index (κ1) is 8.25. The Morgan fingerprint density at radius 2 is 2.46 bits per heavy atom. The topological polar surface area (TPSA) is 67.6 Å². The van der Waals surface area contributed by atoms with Gasteiger partial charge in [0.1, 0.15) is 0 Å². The van der Waals surface area contributed by atoms with Crippen molar-refractivity contribution in [1.82, 2.24) is 15.2 Å². The molecule has 0 aromatic carbocycles. The standard InChI is InChI=1S/C8H10N4S/c1-2-5-3-4-13-6(5)7-10-8(9)12-11-7/h3-4H,2H2,1H3,(H3,9,10,11,12). The number of anilines is 1. The zero-order valence-corrected chi connectivity index (χ0v) is 8.06. The Morgan fingerprint density at radius 3 is 3.08 bits per heavy atom. The number of hydrogen-bond acceptors (Lipinski definition) is 4. The summed E-state index contributed by atoms with van der Waals surface area (Å²) < 4.78 is 0. The summed E-state index contributed by atoms with van der Waals surface area (Å²) in [7, 11) is 0. The predicted octanol–water partition coefficient (Wildman–Crippen LogP) is 1.68. The number of nitrogens with two attached hydrogens (primary N) is 1. The van der Waals surface area contributed by atoms with Crippen LogP contribution < -0.4 is 5.73 Å². The summed E-state index contributed by atoms with van der Waals surface area (Å²) >= 11 is 1.65. The molecular weight excluding hydrogens is 184 g/mol. The second-order valence-electron chi connectivity index (χ2n) is 2.67. The molecule has 5 heteroatoms. The third-order valence-electron chi connectivity index (χ3n) is 1.85. The Balaban J connectivity index is 2.45. The van der Waals surface area contributed by atoms with E-state index in [0.717, 1.165) is 17.1 Å². The maximum Gasteiger partial charge on any atom is 0.239 e. The van der Waals surface area contributed by atoms with E-state index in [0.29, 0.717) is 5.95 Å². The lowest BCUT2D eigenvalue weighted by molar-refractivity contribution is 1.09. The first-order valence-corrected chi connectivity index (χ1v) is 4.94. The summed E-state index contributed by atoms with van der Waals surface area (Å²) in [4.78, 5) is 5.21. The van der Waals surface area contributed by atoms with Gasteiger partial charge >= 0.3 is 0 Å². The second kappa shape index (κ2) is 3.18. The lowest BCUT2D eigenvalue weighted by Gasteiger charge is -1.94. The summed E-state index contributed by atoms with van der Waals surface area (Å²) in [5, 5.41) is 8.65. The fraction of sp³-hybridized carbons (Fsp3) is 0.250. The number of nitrogens with zero attached hydrogens (tertiary/aromatic N) is 2. The van der Waals surface area contributed by atoms with E-state index in [-0.39, 0.29) is 0 Å². The second-order valence-corrected chi connectivity index (χ2v) is 3.59. The van der Waals surface area contributed by atoms with Crippen LogP contribution in [-0.2, 0) is 6.42 Å². The normalized spacial score (nSPS) is 10.5. The molecule has 2 aromatic rings. The van der Waals surface area contributed by atoms with Crippen molar-refractivity contribution in [2.45, 2.75) is 13.3 Å². The third kappa shape index (κ3) is 1.42. The maximum atomic E-state index is 5.43. The van der Waals surface area contributed by atoms with Crippen LogP contribution in [-0.4, -0.2) is 15.2 Å². The third-order valence-corrected chi connectivity index (χ3v) is 2.81. The fourth-order valence-electron chi connectivity index (χ4n) is 1.20. The molecule has 0 spiro atoms. The molecule has 0 aliphatic rings. The number of aryl methyl sites for hydroxylation is 1. The minimum Gasteiger partial charge on any atom is -0.366 e. The molecule has 3 N–H and O–H groups in total. The molecule has 0 saturated carbocycles. The highest BCUT2D eigenvalue weighted by atomic mass is 32.1. The molecule has 0 fully saturated rings. The van der Waals surface area contributed by atoms with Gasteiger partial charge in [0.25, 0.3) is 0 Å².